The smallest absolute Gasteiger partial charge is 0.252 e. The van der Waals surface area contributed by atoms with Crippen LogP contribution in [0.3, 0.4) is 0 Å². The predicted octanol–water partition coefficient (Wildman–Crippen LogP) is 4.75. The molecule has 130 valence electrons. The van der Waals surface area contributed by atoms with Crippen molar-refractivity contribution in [3.05, 3.63) is 46.5 Å². The second-order valence-electron chi connectivity index (χ2n) is 7.72. The first kappa shape index (κ1) is 17.5. The lowest BCUT2D eigenvalue weighted by molar-refractivity contribution is -0.0127. The summed E-state index contributed by atoms with van der Waals surface area (Å²) in [5.41, 5.74) is 4.06. The minimum atomic E-state index is -2.76. The van der Waals surface area contributed by atoms with Crippen molar-refractivity contribution in [3.8, 4) is 17.2 Å². The SMILES string of the molecule is Cc1cc(-c2c(C#N)c(C(C)(C)C)nc3c2CC(F)(F)CC3)ccn1. The molecule has 3 nitrogen and oxygen atoms in total. The lowest BCUT2D eigenvalue weighted by Crippen LogP contribution is -2.29. The fourth-order valence-corrected chi connectivity index (χ4v) is 3.39. The second-order valence-corrected chi connectivity index (χ2v) is 7.72. The number of rotatable bonds is 1. The third-order valence-corrected chi connectivity index (χ3v) is 4.55. The molecule has 0 fully saturated rings. The Balaban J connectivity index is 2.39. The van der Waals surface area contributed by atoms with E-state index in [0.717, 1.165) is 11.3 Å². The molecule has 0 saturated carbocycles. The molecule has 0 atom stereocenters. The molecule has 0 bridgehead atoms. The van der Waals surface area contributed by atoms with Crippen molar-refractivity contribution < 1.29 is 8.78 Å². The predicted molar refractivity (Wildman–Crippen MR) is 92.6 cm³/mol. The Labute approximate surface area is 146 Å². The Kier molecular flexibility index (Phi) is 4.10. The Morgan fingerprint density at radius 2 is 2.00 bits per heavy atom. The van der Waals surface area contributed by atoms with Crippen LogP contribution in [0.1, 0.15) is 55.4 Å². The van der Waals surface area contributed by atoms with E-state index in [1.54, 1.807) is 12.3 Å². The quantitative estimate of drug-likeness (QED) is 0.752. The van der Waals surface area contributed by atoms with E-state index in [1.165, 1.54) is 0 Å². The third kappa shape index (κ3) is 3.26. The molecule has 2 aromatic heterocycles. The van der Waals surface area contributed by atoms with Gasteiger partial charge in [-0.05, 0) is 36.6 Å². The summed E-state index contributed by atoms with van der Waals surface area (Å²) in [4.78, 5) is 8.84. The number of hydrogen-bond donors (Lipinski definition) is 0. The van der Waals surface area contributed by atoms with Gasteiger partial charge in [0.05, 0.1) is 11.3 Å². The molecule has 0 amide bonds. The molecule has 0 unspecified atom stereocenters. The van der Waals surface area contributed by atoms with Gasteiger partial charge in [0.15, 0.2) is 0 Å². The molecule has 0 aliphatic heterocycles. The molecule has 0 saturated heterocycles. The molecule has 0 N–H and O–H groups in total. The van der Waals surface area contributed by atoms with E-state index in [2.05, 4.69) is 16.0 Å². The molecule has 1 aliphatic rings. The van der Waals surface area contributed by atoms with Gasteiger partial charge in [-0.25, -0.2) is 8.78 Å². The number of aryl methyl sites for hydroxylation is 2. The highest BCUT2D eigenvalue weighted by Gasteiger charge is 2.38. The highest BCUT2D eigenvalue weighted by atomic mass is 19.3. The van der Waals surface area contributed by atoms with Crippen LogP contribution in [0.5, 0.6) is 0 Å². The Hall–Kier alpha value is -2.35. The monoisotopic (exact) mass is 341 g/mol. The zero-order valence-electron chi connectivity index (χ0n) is 15.0. The first-order chi connectivity index (χ1) is 11.6. The van der Waals surface area contributed by atoms with E-state index < -0.39 is 5.92 Å². The van der Waals surface area contributed by atoms with Gasteiger partial charge in [0.25, 0.3) is 5.92 Å². The molecule has 3 rings (SSSR count). The normalized spacial score (nSPS) is 16.2. The summed E-state index contributed by atoms with van der Waals surface area (Å²) in [7, 11) is 0. The minimum Gasteiger partial charge on any atom is -0.262 e. The van der Waals surface area contributed by atoms with Gasteiger partial charge in [0, 0.05) is 41.4 Å². The van der Waals surface area contributed by atoms with Crippen molar-refractivity contribution in [2.24, 2.45) is 0 Å². The highest BCUT2D eigenvalue weighted by Crippen LogP contribution is 2.41. The topological polar surface area (TPSA) is 49.6 Å². The Morgan fingerprint density at radius 1 is 1.28 bits per heavy atom. The van der Waals surface area contributed by atoms with E-state index in [-0.39, 0.29) is 24.7 Å². The van der Waals surface area contributed by atoms with Crippen molar-refractivity contribution in [1.82, 2.24) is 9.97 Å². The van der Waals surface area contributed by atoms with Crippen LogP contribution in [0.2, 0.25) is 0 Å². The first-order valence-corrected chi connectivity index (χ1v) is 8.39. The van der Waals surface area contributed by atoms with Gasteiger partial charge in [-0.3, -0.25) is 9.97 Å². The van der Waals surface area contributed by atoms with Crippen LogP contribution in [-0.4, -0.2) is 15.9 Å². The van der Waals surface area contributed by atoms with Crippen molar-refractivity contribution in [3.63, 3.8) is 0 Å². The van der Waals surface area contributed by atoms with Crippen LogP contribution in [0.25, 0.3) is 11.1 Å². The lowest BCUT2D eigenvalue weighted by Gasteiger charge is -2.30. The second kappa shape index (κ2) is 5.87. The van der Waals surface area contributed by atoms with Crippen molar-refractivity contribution in [1.29, 1.82) is 5.26 Å². The van der Waals surface area contributed by atoms with E-state index in [0.29, 0.717) is 28.1 Å². The zero-order valence-corrected chi connectivity index (χ0v) is 15.0. The van der Waals surface area contributed by atoms with Crippen LogP contribution < -0.4 is 0 Å². The van der Waals surface area contributed by atoms with Gasteiger partial charge >= 0.3 is 0 Å². The van der Waals surface area contributed by atoms with Crippen LogP contribution in [-0.2, 0) is 18.3 Å². The fraction of sp³-hybridized carbons (Fsp3) is 0.450. The zero-order chi connectivity index (χ0) is 18.4. The minimum absolute atomic E-state index is 0.197. The number of fused-ring (bicyclic) bond motifs is 1. The summed E-state index contributed by atoms with van der Waals surface area (Å²) in [6.45, 7) is 7.81. The molecule has 5 heteroatoms. The molecule has 2 heterocycles. The average molecular weight is 341 g/mol. The number of pyridine rings is 2. The molecule has 0 radical (unpaired) electrons. The molecule has 2 aromatic rings. The molecular weight excluding hydrogens is 320 g/mol. The van der Waals surface area contributed by atoms with Gasteiger partial charge in [-0.1, -0.05) is 20.8 Å². The summed E-state index contributed by atoms with van der Waals surface area (Å²) in [6.07, 6.45) is 1.31. The van der Waals surface area contributed by atoms with Crippen LogP contribution >= 0.6 is 0 Å². The summed E-state index contributed by atoms with van der Waals surface area (Å²) in [5.74, 6) is -2.76. The summed E-state index contributed by atoms with van der Waals surface area (Å²) < 4.78 is 28.2. The standard InChI is InChI=1S/C20H21F2N3/c1-12-9-13(6-8-24-12)17-14-10-20(21,22)7-5-16(14)25-18(15(17)11-23)19(2,3)4/h6,8-9H,5,7,10H2,1-4H3. The van der Waals surface area contributed by atoms with Gasteiger partial charge in [-0.15, -0.1) is 0 Å². The number of alkyl halides is 2. The van der Waals surface area contributed by atoms with Crippen LogP contribution in [0.15, 0.2) is 18.3 Å². The van der Waals surface area contributed by atoms with Gasteiger partial charge in [0.2, 0.25) is 0 Å². The number of halogens is 2. The summed E-state index contributed by atoms with van der Waals surface area (Å²) in [6, 6.07) is 5.86. The maximum Gasteiger partial charge on any atom is 0.252 e. The maximum atomic E-state index is 14.1. The largest absolute Gasteiger partial charge is 0.262 e. The third-order valence-electron chi connectivity index (χ3n) is 4.55. The highest BCUT2D eigenvalue weighted by molar-refractivity contribution is 5.76. The van der Waals surface area contributed by atoms with Crippen molar-refractivity contribution in [2.45, 2.75) is 58.3 Å². The first-order valence-electron chi connectivity index (χ1n) is 8.39. The Bertz CT molecular complexity index is 874. The molecule has 0 aromatic carbocycles. The molecule has 0 spiro atoms. The summed E-state index contributed by atoms with van der Waals surface area (Å²) >= 11 is 0. The fourth-order valence-electron chi connectivity index (χ4n) is 3.39. The van der Waals surface area contributed by atoms with E-state index in [9.17, 15) is 14.0 Å². The van der Waals surface area contributed by atoms with Gasteiger partial charge < -0.3 is 0 Å². The number of hydrogen-bond acceptors (Lipinski definition) is 3. The lowest BCUT2D eigenvalue weighted by atomic mass is 9.80. The number of nitrogens with zero attached hydrogens (tertiary/aromatic N) is 3. The van der Waals surface area contributed by atoms with E-state index in [4.69, 9.17) is 0 Å². The number of aromatic nitrogens is 2. The molecule has 1 aliphatic carbocycles. The average Bonchev–Trinajstić information content (AvgIpc) is 2.51. The number of nitriles is 1. The Morgan fingerprint density at radius 3 is 2.60 bits per heavy atom. The van der Waals surface area contributed by atoms with E-state index in [1.807, 2.05) is 33.8 Å². The summed E-state index contributed by atoms with van der Waals surface area (Å²) in [5, 5.41) is 9.83. The van der Waals surface area contributed by atoms with Gasteiger partial charge in [0.1, 0.15) is 6.07 Å². The van der Waals surface area contributed by atoms with Crippen molar-refractivity contribution in [2.75, 3.05) is 0 Å². The van der Waals surface area contributed by atoms with Crippen LogP contribution in [0.4, 0.5) is 8.78 Å². The molecular formula is C20H21F2N3. The van der Waals surface area contributed by atoms with Crippen LogP contribution in [0, 0.1) is 18.3 Å². The molecule has 25 heavy (non-hydrogen) atoms. The van der Waals surface area contributed by atoms with Gasteiger partial charge in [-0.2, -0.15) is 5.26 Å². The van der Waals surface area contributed by atoms with Crippen molar-refractivity contribution >= 4 is 0 Å². The maximum absolute atomic E-state index is 14.1. The van der Waals surface area contributed by atoms with E-state index >= 15 is 0 Å².